The number of halogens is 3. The van der Waals surface area contributed by atoms with Crippen molar-refractivity contribution in [2.24, 2.45) is 0 Å². The van der Waals surface area contributed by atoms with Crippen LogP contribution in [0.3, 0.4) is 0 Å². The summed E-state index contributed by atoms with van der Waals surface area (Å²) in [6.07, 6.45) is -4.73. The molecule has 1 amide bonds. The molecule has 0 saturated carbocycles. The maximum absolute atomic E-state index is 12.8. The van der Waals surface area contributed by atoms with Crippen LogP contribution in [-0.4, -0.2) is 41.5 Å². The van der Waals surface area contributed by atoms with E-state index in [1.165, 1.54) is 37.1 Å². The Morgan fingerprint density at radius 2 is 1.91 bits per heavy atom. The van der Waals surface area contributed by atoms with Gasteiger partial charge in [0.2, 0.25) is 5.91 Å². The third-order valence-electron chi connectivity index (χ3n) is 3.21. The van der Waals surface area contributed by atoms with E-state index in [4.69, 9.17) is 5.11 Å². The SMILES string of the molecule is CC(C(=O)Nc1ccccc1C(F)(F)F)N(C)CCC(=O)O. The molecule has 1 aromatic rings. The van der Waals surface area contributed by atoms with E-state index in [2.05, 4.69) is 5.32 Å². The average molecular weight is 318 g/mol. The molecular weight excluding hydrogens is 301 g/mol. The van der Waals surface area contributed by atoms with Crippen LogP contribution in [0, 0.1) is 0 Å². The number of benzene rings is 1. The molecule has 1 aromatic carbocycles. The minimum atomic E-state index is -4.57. The number of nitrogens with zero attached hydrogens (tertiary/aromatic N) is 1. The van der Waals surface area contributed by atoms with E-state index in [0.717, 1.165) is 6.07 Å². The maximum atomic E-state index is 12.8. The zero-order valence-corrected chi connectivity index (χ0v) is 12.1. The van der Waals surface area contributed by atoms with Crippen molar-refractivity contribution in [3.05, 3.63) is 29.8 Å². The van der Waals surface area contributed by atoms with Crippen molar-refractivity contribution in [1.82, 2.24) is 4.90 Å². The van der Waals surface area contributed by atoms with Gasteiger partial charge in [0.05, 0.1) is 23.7 Å². The average Bonchev–Trinajstić information content (AvgIpc) is 2.43. The number of hydrogen-bond donors (Lipinski definition) is 2. The highest BCUT2D eigenvalue weighted by Gasteiger charge is 2.34. The van der Waals surface area contributed by atoms with E-state index in [-0.39, 0.29) is 18.7 Å². The first-order valence-electron chi connectivity index (χ1n) is 6.52. The van der Waals surface area contributed by atoms with Gasteiger partial charge in [-0.05, 0) is 26.1 Å². The summed E-state index contributed by atoms with van der Waals surface area (Å²) < 4.78 is 38.5. The number of aliphatic carboxylic acids is 1. The van der Waals surface area contributed by atoms with Crippen LogP contribution >= 0.6 is 0 Å². The lowest BCUT2D eigenvalue weighted by Crippen LogP contribution is -2.40. The highest BCUT2D eigenvalue weighted by Crippen LogP contribution is 2.34. The van der Waals surface area contributed by atoms with Gasteiger partial charge >= 0.3 is 12.1 Å². The van der Waals surface area contributed by atoms with Gasteiger partial charge in [0.25, 0.3) is 0 Å². The van der Waals surface area contributed by atoms with Gasteiger partial charge in [-0.15, -0.1) is 0 Å². The molecule has 0 radical (unpaired) electrons. The molecule has 0 heterocycles. The van der Waals surface area contributed by atoms with Gasteiger partial charge in [-0.1, -0.05) is 12.1 Å². The summed E-state index contributed by atoms with van der Waals surface area (Å²) in [6, 6.07) is 3.92. The number of carboxylic acids is 1. The number of alkyl halides is 3. The Labute approximate surface area is 125 Å². The van der Waals surface area contributed by atoms with Gasteiger partial charge < -0.3 is 10.4 Å². The molecule has 0 bridgehead atoms. The second-order valence-corrected chi connectivity index (χ2v) is 4.83. The van der Waals surface area contributed by atoms with Gasteiger partial charge in [0.1, 0.15) is 0 Å². The van der Waals surface area contributed by atoms with E-state index in [1.807, 2.05) is 0 Å². The third kappa shape index (κ3) is 5.03. The van der Waals surface area contributed by atoms with Crippen LogP contribution in [0.15, 0.2) is 24.3 Å². The van der Waals surface area contributed by atoms with Gasteiger partial charge in [0, 0.05) is 6.54 Å². The fraction of sp³-hybridized carbons (Fsp3) is 0.429. The standard InChI is InChI=1S/C14H17F3N2O3/c1-9(19(2)8-7-12(20)21)13(22)18-11-6-4-3-5-10(11)14(15,16)17/h3-6,9H,7-8H2,1-2H3,(H,18,22)(H,20,21). The van der Waals surface area contributed by atoms with Gasteiger partial charge in [-0.2, -0.15) is 13.2 Å². The quantitative estimate of drug-likeness (QED) is 0.845. The number of carbonyl (C=O) groups excluding carboxylic acids is 1. The number of amides is 1. The number of carbonyl (C=O) groups is 2. The van der Waals surface area contributed by atoms with Crippen LogP contribution in [-0.2, 0) is 15.8 Å². The number of carboxylic acid groups (broad SMARTS) is 1. The number of likely N-dealkylation sites (N-methyl/N-ethyl adjacent to an activating group) is 1. The first-order chi connectivity index (χ1) is 10.1. The summed E-state index contributed by atoms with van der Waals surface area (Å²) in [6.45, 7) is 1.61. The molecule has 0 aliphatic carbocycles. The van der Waals surface area contributed by atoms with Gasteiger partial charge in [-0.3, -0.25) is 14.5 Å². The molecule has 0 aromatic heterocycles. The topological polar surface area (TPSA) is 69.6 Å². The second kappa shape index (κ2) is 7.26. The van der Waals surface area contributed by atoms with Crippen molar-refractivity contribution >= 4 is 17.6 Å². The van der Waals surface area contributed by atoms with Crippen molar-refractivity contribution in [1.29, 1.82) is 0 Å². The highest BCUT2D eigenvalue weighted by atomic mass is 19.4. The minimum absolute atomic E-state index is 0.116. The number of rotatable bonds is 6. The van der Waals surface area contributed by atoms with E-state index >= 15 is 0 Å². The van der Waals surface area contributed by atoms with Crippen molar-refractivity contribution in [3.8, 4) is 0 Å². The number of anilines is 1. The van der Waals surface area contributed by atoms with E-state index < -0.39 is 29.7 Å². The Balaban J connectivity index is 2.79. The molecule has 2 N–H and O–H groups in total. The summed E-state index contributed by atoms with van der Waals surface area (Å²) in [7, 11) is 1.53. The second-order valence-electron chi connectivity index (χ2n) is 4.83. The molecule has 0 fully saturated rings. The number of hydrogen-bond acceptors (Lipinski definition) is 3. The fourth-order valence-corrected chi connectivity index (χ4v) is 1.74. The van der Waals surface area contributed by atoms with E-state index in [0.29, 0.717) is 0 Å². The van der Waals surface area contributed by atoms with Crippen molar-refractivity contribution in [3.63, 3.8) is 0 Å². The van der Waals surface area contributed by atoms with Crippen molar-refractivity contribution in [2.45, 2.75) is 25.6 Å². The zero-order chi connectivity index (χ0) is 16.9. The first-order valence-corrected chi connectivity index (χ1v) is 6.52. The Morgan fingerprint density at radius 3 is 2.45 bits per heavy atom. The Bertz CT molecular complexity index is 546. The maximum Gasteiger partial charge on any atom is 0.418 e. The Kier molecular flexibility index (Phi) is 5.92. The third-order valence-corrected chi connectivity index (χ3v) is 3.21. The molecule has 22 heavy (non-hydrogen) atoms. The normalized spacial score (nSPS) is 13.0. The van der Waals surface area contributed by atoms with Crippen molar-refractivity contribution in [2.75, 3.05) is 18.9 Å². The molecule has 1 unspecified atom stereocenters. The predicted octanol–water partition coefficient (Wildman–Crippen LogP) is 2.44. The molecule has 0 saturated heterocycles. The summed E-state index contributed by atoms with van der Waals surface area (Å²) in [5, 5.41) is 10.8. The molecule has 5 nitrogen and oxygen atoms in total. The lowest BCUT2D eigenvalue weighted by Gasteiger charge is -2.24. The molecule has 0 aliphatic rings. The number of nitrogens with one attached hydrogen (secondary N) is 1. The Hall–Kier alpha value is -2.09. The van der Waals surface area contributed by atoms with E-state index in [9.17, 15) is 22.8 Å². The lowest BCUT2D eigenvalue weighted by atomic mass is 10.1. The monoisotopic (exact) mass is 318 g/mol. The highest BCUT2D eigenvalue weighted by molar-refractivity contribution is 5.95. The van der Waals surface area contributed by atoms with Crippen LogP contribution in [0.2, 0.25) is 0 Å². The first kappa shape index (κ1) is 18.0. The van der Waals surface area contributed by atoms with Crippen LogP contribution < -0.4 is 5.32 Å². The lowest BCUT2D eigenvalue weighted by molar-refractivity contribution is -0.138. The van der Waals surface area contributed by atoms with Crippen LogP contribution in [0.5, 0.6) is 0 Å². The largest absolute Gasteiger partial charge is 0.481 e. The summed E-state index contributed by atoms with van der Waals surface area (Å²) >= 11 is 0. The molecule has 0 spiro atoms. The summed E-state index contributed by atoms with van der Waals surface area (Å²) in [4.78, 5) is 24.0. The summed E-state index contributed by atoms with van der Waals surface area (Å²) in [5.74, 6) is -1.65. The van der Waals surface area contributed by atoms with Crippen LogP contribution in [0.25, 0.3) is 0 Å². The minimum Gasteiger partial charge on any atom is -0.481 e. The smallest absolute Gasteiger partial charge is 0.418 e. The molecule has 1 rings (SSSR count). The van der Waals surface area contributed by atoms with E-state index in [1.54, 1.807) is 0 Å². The van der Waals surface area contributed by atoms with Gasteiger partial charge in [-0.25, -0.2) is 0 Å². The predicted molar refractivity (Wildman–Crippen MR) is 74.4 cm³/mol. The van der Waals surface area contributed by atoms with Gasteiger partial charge in [0.15, 0.2) is 0 Å². The molecule has 0 aliphatic heterocycles. The fourth-order valence-electron chi connectivity index (χ4n) is 1.74. The molecule has 8 heteroatoms. The van der Waals surface area contributed by atoms with Crippen LogP contribution in [0.1, 0.15) is 18.9 Å². The summed E-state index contributed by atoms with van der Waals surface area (Å²) in [5.41, 5.74) is -1.25. The molecule has 122 valence electrons. The van der Waals surface area contributed by atoms with Crippen LogP contribution in [0.4, 0.5) is 18.9 Å². The van der Waals surface area contributed by atoms with Crippen molar-refractivity contribution < 1.29 is 27.9 Å². The molecule has 1 atom stereocenters. The Morgan fingerprint density at radius 1 is 1.32 bits per heavy atom. The number of para-hydroxylation sites is 1. The molecular formula is C14H17F3N2O3. The zero-order valence-electron chi connectivity index (χ0n) is 12.1.